The number of benzene rings is 2. The molecule has 2 aliphatic rings. The van der Waals surface area contributed by atoms with Crippen molar-refractivity contribution in [3.05, 3.63) is 65.2 Å². The van der Waals surface area contributed by atoms with Gasteiger partial charge in [-0.25, -0.2) is 0 Å². The largest absolute Gasteiger partial charge is 0.463 e. The van der Waals surface area contributed by atoms with Crippen LogP contribution in [0.25, 0.3) is 6.08 Å². The monoisotopic (exact) mass is 305 g/mol. The quantitative estimate of drug-likeness (QED) is 0.752. The standard InChI is InChI=1S/C21H23NO/c1-5-15-10-11-17-18(14-15)22(4)21(20(17,2)3)13-12-16-8-6-7-9-19(16)23-21/h6-14H,5H2,1-4H3. The number of aryl methyl sites for hydroxylation is 1. The fourth-order valence-electron chi connectivity index (χ4n) is 4.03. The highest BCUT2D eigenvalue weighted by Crippen LogP contribution is 2.54. The van der Waals surface area contributed by atoms with Gasteiger partial charge in [0.15, 0.2) is 0 Å². The Morgan fingerprint density at radius 3 is 2.65 bits per heavy atom. The third kappa shape index (κ3) is 1.75. The van der Waals surface area contributed by atoms with Crippen LogP contribution in [0.2, 0.25) is 0 Å². The van der Waals surface area contributed by atoms with E-state index in [-0.39, 0.29) is 5.41 Å². The number of para-hydroxylation sites is 1. The zero-order valence-electron chi connectivity index (χ0n) is 14.3. The Kier molecular flexibility index (Phi) is 2.90. The van der Waals surface area contributed by atoms with Crippen molar-refractivity contribution in [2.75, 3.05) is 11.9 Å². The molecule has 2 aromatic carbocycles. The second kappa shape index (κ2) is 4.64. The van der Waals surface area contributed by atoms with Gasteiger partial charge >= 0.3 is 0 Å². The average Bonchev–Trinajstić information content (AvgIpc) is 2.73. The predicted octanol–water partition coefficient (Wildman–Crippen LogP) is 4.78. The van der Waals surface area contributed by atoms with Gasteiger partial charge in [-0.15, -0.1) is 0 Å². The molecule has 2 heterocycles. The maximum Gasteiger partial charge on any atom is 0.211 e. The first-order valence-corrected chi connectivity index (χ1v) is 8.34. The van der Waals surface area contributed by atoms with Gasteiger partial charge in [0.2, 0.25) is 5.72 Å². The van der Waals surface area contributed by atoms with Gasteiger partial charge in [0.05, 0.1) is 5.41 Å². The minimum Gasteiger partial charge on any atom is -0.463 e. The molecule has 2 nitrogen and oxygen atoms in total. The van der Waals surface area contributed by atoms with Crippen molar-refractivity contribution >= 4 is 11.8 Å². The summed E-state index contributed by atoms with van der Waals surface area (Å²) >= 11 is 0. The first-order valence-electron chi connectivity index (χ1n) is 8.34. The molecule has 1 atom stereocenters. The van der Waals surface area contributed by atoms with Crippen LogP contribution < -0.4 is 9.64 Å². The van der Waals surface area contributed by atoms with E-state index in [0.717, 1.165) is 17.7 Å². The fourth-order valence-corrected chi connectivity index (χ4v) is 4.03. The van der Waals surface area contributed by atoms with Gasteiger partial charge in [-0.1, -0.05) is 37.3 Å². The normalized spacial score (nSPS) is 23.6. The maximum atomic E-state index is 6.60. The maximum absolute atomic E-state index is 6.60. The van der Waals surface area contributed by atoms with Crippen molar-refractivity contribution in [3.8, 4) is 5.75 Å². The first kappa shape index (κ1) is 14.4. The van der Waals surface area contributed by atoms with Crippen LogP contribution in [0, 0.1) is 0 Å². The molecule has 0 saturated carbocycles. The van der Waals surface area contributed by atoms with E-state index in [2.05, 4.69) is 81.3 Å². The van der Waals surface area contributed by atoms with Crippen LogP contribution in [-0.4, -0.2) is 12.8 Å². The summed E-state index contributed by atoms with van der Waals surface area (Å²) < 4.78 is 6.60. The van der Waals surface area contributed by atoms with Crippen molar-refractivity contribution in [2.45, 2.75) is 38.3 Å². The SMILES string of the molecule is CCc1ccc2c(c1)N(C)C1(C=Cc3ccccc3O1)C2(C)C. The molecule has 1 spiro atoms. The molecule has 0 amide bonds. The van der Waals surface area contributed by atoms with E-state index < -0.39 is 5.72 Å². The second-order valence-electron chi connectivity index (χ2n) is 7.06. The fraction of sp³-hybridized carbons (Fsp3) is 0.333. The molecule has 23 heavy (non-hydrogen) atoms. The number of hydrogen-bond donors (Lipinski definition) is 0. The summed E-state index contributed by atoms with van der Waals surface area (Å²) in [6.45, 7) is 6.75. The van der Waals surface area contributed by atoms with Crippen molar-refractivity contribution in [1.29, 1.82) is 0 Å². The van der Waals surface area contributed by atoms with Crippen LogP contribution in [0.4, 0.5) is 5.69 Å². The molecule has 2 aromatic rings. The lowest BCUT2D eigenvalue weighted by molar-refractivity contribution is 0.0582. The summed E-state index contributed by atoms with van der Waals surface area (Å²) in [6, 6.07) is 15.1. The van der Waals surface area contributed by atoms with Crippen LogP contribution in [0.3, 0.4) is 0 Å². The molecule has 2 aliphatic heterocycles. The Hall–Kier alpha value is -2.22. The summed E-state index contributed by atoms with van der Waals surface area (Å²) in [5, 5.41) is 0. The predicted molar refractivity (Wildman–Crippen MR) is 96.1 cm³/mol. The lowest BCUT2D eigenvalue weighted by Crippen LogP contribution is -2.58. The first-order chi connectivity index (χ1) is 11.0. The summed E-state index contributed by atoms with van der Waals surface area (Å²) in [7, 11) is 2.14. The van der Waals surface area contributed by atoms with Crippen LogP contribution >= 0.6 is 0 Å². The van der Waals surface area contributed by atoms with Gasteiger partial charge < -0.3 is 9.64 Å². The molecule has 4 rings (SSSR count). The van der Waals surface area contributed by atoms with Crippen molar-refractivity contribution < 1.29 is 4.74 Å². The molecule has 1 unspecified atom stereocenters. The highest BCUT2D eigenvalue weighted by atomic mass is 16.5. The average molecular weight is 305 g/mol. The van der Waals surface area contributed by atoms with Crippen molar-refractivity contribution in [3.63, 3.8) is 0 Å². The molecule has 0 radical (unpaired) electrons. The summed E-state index contributed by atoms with van der Waals surface area (Å²) in [5.74, 6) is 0.957. The van der Waals surface area contributed by atoms with Gasteiger partial charge in [0.1, 0.15) is 5.75 Å². The Bertz CT molecular complexity index is 805. The van der Waals surface area contributed by atoms with E-state index in [1.807, 2.05) is 6.07 Å². The Morgan fingerprint density at radius 2 is 1.87 bits per heavy atom. The van der Waals surface area contributed by atoms with Gasteiger partial charge in [0.25, 0.3) is 0 Å². The molecule has 0 aliphatic carbocycles. The molecule has 2 heteroatoms. The molecule has 118 valence electrons. The van der Waals surface area contributed by atoms with E-state index in [4.69, 9.17) is 4.74 Å². The summed E-state index contributed by atoms with van der Waals surface area (Å²) in [6.07, 6.45) is 5.47. The number of hydrogen-bond acceptors (Lipinski definition) is 2. The van der Waals surface area contributed by atoms with E-state index in [0.29, 0.717) is 0 Å². The van der Waals surface area contributed by atoms with Gasteiger partial charge in [0, 0.05) is 18.3 Å². The van der Waals surface area contributed by atoms with E-state index in [1.165, 1.54) is 16.8 Å². The Labute approximate surface area is 138 Å². The molecule has 0 bridgehead atoms. The molecular weight excluding hydrogens is 282 g/mol. The van der Waals surface area contributed by atoms with Gasteiger partial charge in [-0.05, 0) is 55.7 Å². The van der Waals surface area contributed by atoms with Gasteiger partial charge in [-0.3, -0.25) is 0 Å². The van der Waals surface area contributed by atoms with E-state index >= 15 is 0 Å². The van der Waals surface area contributed by atoms with Crippen LogP contribution in [0.5, 0.6) is 5.75 Å². The van der Waals surface area contributed by atoms with Crippen LogP contribution in [0.15, 0.2) is 48.5 Å². The van der Waals surface area contributed by atoms with Crippen molar-refractivity contribution in [2.24, 2.45) is 0 Å². The Morgan fingerprint density at radius 1 is 1.09 bits per heavy atom. The lowest BCUT2D eigenvalue weighted by Gasteiger charge is -2.45. The van der Waals surface area contributed by atoms with Crippen LogP contribution in [-0.2, 0) is 11.8 Å². The summed E-state index contributed by atoms with van der Waals surface area (Å²) in [5.41, 5.74) is 4.53. The highest BCUT2D eigenvalue weighted by Gasteiger charge is 2.57. The Balaban J connectivity index is 1.89. The smallest absolute Gasteiger partial charge is 0.211 e. The third-order valence-electron chi connectivity index (χ3n) is 5.57. The summed E-state index contributed by atoms with van der Waals surface area (Å²) in [4.78, 5) is 2.30. The number of likely N-dealkylation sites (N-methyl/N-ethyl adjacent to an activating group) is 1. The van der Waals surface area contributed by atoms with Gasteiger partial charge in [-0.2, -0.15) is 0 Å². The third-order valence-corrected chi connectivity index (χ3v) is 5.57. The number of ether oxygens (including phenoxy) is 1. The molecule has 0 saturated heterocycles. The molecule has 0 aromatic heterocycles. The number of rotatable bonds is 1. The minimum absolute atomic E-state index is 0.132. The topological polar surface area (TPSA) is 12.5 Å². The number of anilines is 1. The molecular formula is C21H23NO. The highest BCUT2D eigenvalue weighted by molar-refractivity contribution is 5.72. The second-order valence-corrected chi connectivity index (χ2v) is 7.06. The molecule has 0 N–H and O–H groups in total. The number of fused-ring (bicyclic) bond motifs is 2. The molecule has 0 fully saturated rings. The zero-order valence-corrected chi connectivity index (χ0v) is 14.3. The zero-order chi connectivity index (χ0) is 16.2. The van der Waals surface area contributed by atoms with E-state index in [1.54, 1.807) is 0 Å². The van der Waals surface area contributed by atoms with Crippen molar-refractivity contribution in [1.82, 2.24) is 0 Å². The minimum atomic E-state index is -0.476. The van der Waals surface area contributed by atoms with E-state index in [9.17, 15) is 0 Å². The lowest BCUT2D eigenvalue weighted by atomic mass is 9.76. The van der Waals surface area contributed by atoms with Crippen LogP contribution in [0.1, 0.15) is 37.5 Å². The number of nitrogens with zero attached hydrogens (tertiary/aromatic N) is 1.